The molecule has 0 amide bonds. The second-order valence-electron chi connectivity index (χ2n) is 3.84. The number of halogens is 1. The van der Waals surface area contributed by atoms with Crippen LogP contribution in [-0.2, 0) is 0 Å². The highest BCUT2D eigenvalue weighted by Crippen LogP contribution is 2.32. The van der Waals surface area contributed by atoms with Crippen molar-refractivity contribution in [2.45, 2.75) is 0 Å². The molecule has 0 saturated heterocycles. The molecule has 0 radical (unpaired) electrons. The van der Waals surface area contributed by atoms with Crippen LogP contribution in [0.3, 0.4) is 0 Å². The van der Waals surface area contributed by atoms with Gasteiger partial charge in [0.1, 0.15) is 28.9 Å². The molecule has 4 nitrogen and oxygen atoms in total. The third-order valence-corrected chi connectivity index (χ3v) is 3.22. The Balaban J connectivity index is 2.43. The van der Waals surface area contributed by atoms with Crippen LogP contribution >= 0.6 is 15.9 Å². The summed E-state index contributed by atoms with van der Waals surface area (Å²) in [5.41, 5.74) is 0.821. The molecule has 2 aromatic carbocycles. The molecule has 0 aliphatic heterocycles. The maximum atomic E-state index is 9.14. The van der Waals surface area contributed by atoms with E-state index in [-0.39, 0.29) is 0 Å². The molecule has 0 saturated carbocycles. The molecular weight excluding hydrogens is 320 g/mol. The zero-order valence-corrected chi connectivity index (χ0v) is 12.1. The van der Waals surface area contributed by atoms with E-state index in [1.54, 1.807) is 36.4 Å². The van der Waals surface area contributed by atoms with E-state index in [1.165, 1.54) is 7.11 Å². The lowest BCUT2D eigenvalue weighted by atomic mass is 10.2. The molecule has 0 N–H and O–H groups in total. The summed E-state index contributed by atoms with van der Waals surface area (Å²) in [7, 11) is 1.51. The minimum atomic E-state index is 0.397. The Kier molecular flexibility index (Phi) is 4.24. The third-order valence-electron chi connectivity index (χ3n) is 2.56. The van der Waals surface area contributed by atoms with Crippen molar-refractivity contribution in [3.63, 3.8) is 0 Å². The first-order chi connectivity index (χ1) is 9.67. The molecule has 0 aliphatic rings. The Morgan fingerprint density at radius 1 is 1.05 bits per heavy atom. The van der Waals surface area contributed by atoms with E-state index in [1.807, 2.05) is 6.07 Å². The average molecular weight is 329 g/mol. The smallest absolute Gasteiger partial charge is 0.146 e. The van der Waals surface area contributed by atoms with Gasteiger partial charge in [0.05, 0.1) is 18.7 Å². The number of nitriles is 2. The summed E-state index contributed by atoms with van der Waals surface area (Å²) in [6.07, 6.45) is 0. The van der Waals surface area contributed by atoms with Gasteiger partial charge in [0.2, 0.25) is 0 Å². The van der Waals surface area contributed by atoms with Crippen LogP contribution in [0, 0.1) is 22.7 Å². The summed E-state index contributed by atoms with van der Waals surface area (Å²) in [6.45, 7) is 0. The molecular formula is C15H9BrN2O2. The molecule has 0 bridgehead atoms. The molecule has 0 unspecified atom stereocenters. The summed E-state index contributed by atoms with van der Waals surface area (Å²) in [4.78, 5) is 0. The van der Waals surface area contributed by atoms with Gasteiger partial charge in [-0.2, -0.15) is 10.5 Å². The van der Waals surface area contributed by atoms with E-state index in [0.29, 0.717) is 32.8 Å². The highest BCUT2D eigenvalue weighted by atomic mass is 79.9. The molecule has 0 aliphatic carbocycles. The third kappa shape index (κ3) is 2.90. The van der Waals surface area contributed by atoms with E-state index in [4.69, 9.17) is 20.0 Å². The molecule has 5 heteroatoms. The van der Waals surface area contributed by atoms with E-state index in [0.717, 1.165) is 0 Å². The number of benzene rings is 2. The fourth-order valence-electron chi connectivity index (χ4n) is 1.64. The molecule has 20 heavy (non-hydrogen) atoms. The van der Waals surface area contributed by atoms with E-state index < -0.39 is 0 Å². The van der Waals surface area contributed by atoms with Gasteiger partial charge in [-0.25, -0.2) is 0 Å². The Labute approximate surface area is 124 Å². The molecule has 0 aromatic heterocycles. The minimum Gasteiger partial charge on any atom is -0.497 e. The van der Waals surface area contributed by atoms with Crippen LogP contribution in [0.1, 0.15) is 11.1 Å². The van der Waals surface area contributed by atoms with Gasteiger partial charge in [-0.1, -0.05) is 6.07 Å². The summed E-state index contributed by atoms with van der Waals surface area (Å²) in [6, 6.07) is 14.2. The van der Waals surface area contributed by atoms with Gasteiger partial charge in [0.15, 0.2) is 0 Å². The number of rotatable bonds is 3. The van der Waals surface area contributed by atoms with Crippen LogP contribution in [0.4, 0.5) is 0 Å². The first-order valence-electron chi connectivity index (χ1n) is 5.63. The zero-order chi connectivity index (χ0) is 14.5. The lowest BCUT2D eigenvalue weighted by molar-refractivity contribution is 0.408. The summed E-state index contributed by atoms with van der Waals surface area (Å²) in [5, 5.41) is 18.1. The molecule has 2 rings (SSSR count). The van der Waals surface area contributed by atoms with Crippen molar-refractivity contribution in [3.05, 3.63) is 52.0 Å². The topological polar surface area (TPSA) is 66.0 Å². The van der Waals surface area contributed by atoms with Crippen molar-refractivity contribution in [3.8, 4) is 29.4 Å². The quantitative estimate of drug-likeness (QED) is 0.854. The molecule has 0 fully saturated rings. The largest absolute Gasteiger partial charge is 0.497 e. The van der Waals surface area contributed by atoms with Crippen LogP contribution < -0.4 is 9.47 Å². The molecule has 0 spiro atoms. The molecule has 0 atom stereocenters. The number of nitrogens with zero attached hydrogens (tertiary/aromatic N) is 2. The van der Waals surface area contributed by atoms with Crippen LogP contribution in [0.2, 0.25) is 0 Å². The van der Waals surface area contributed by atoms with Gasteiger partial charge in [-0.3, -0.25) is 0 Å². The van der Waals surface area contributed by atoms with Gasteiger partial charge >= 0.3 is 0 Å². The fraction of sp³-hybridized carbons (Fsp3) is 0.0667. The maximum absolute atomic E-state index is 9.14. The zero-order valence-electron chi connectivity index (χ0n) is 10.6. The van der Waals surface area contributed by atoms with Crippen LogP contribution in [-0.4, -0.2) is 7.11 Å². The molecule has 2 aromatic rings. The van der Waals surface area contributed by atoms with Gasteiger partial charge in [-0.05, 0) is 40.2 Å². The summed E-state index contributed by atoms with van der Waals surface area (Å²) >= 11 is 3.30. The van der Waals surface area contributed by atoms with Gasteiger partial charge < -0.3 is 9.47 Å². The van der Waals surface area contributed by atoms with Crippen molar-refractivity contribution in [1.82, 2.24) is 0 Å². The second kappa shape index (κ2) is 6.10. The van der Waals surface area contributed by atoms with Gasteiger partial charge in [-0.15, -0.1) is 0 Å². The highest BCUT2D eigenvalue weighted by molar-refractivity contribution is 9.10. The summed E-state index contributed by atoms with van der Waals surface area (Å²) in [5.74, 6) is 1.38. The highest BCUT2D eigenvalue weighted by Gasteiger charge is 2.09. The van der Waals surface area contributed by atoms with E-state index in [2.05, 4.69) is 22.0 Å². The fourth-order valence-corrected chi connectivity index (χ4v) is 2.07. The normalized spacial score (nSPS) is 9.40. The van der Waals surface area contributed by atoms with Crippen molar-refractivity contribution in [1.29, 1.82) is 10.5 Å². The number of hydrogen-bond donors (Lipinski definition) is 0. The van der Waals surface area contributed by atoms with Gasteiger partial charge in [0, 0.05) is 10.5 Å². The Bertz CT molecular complexity index is 730. The monoisotopic (exact) mass is 328 g/mol. The first-order valence-corrected chi connectivity index (χ1v) is 6.43. The lowest BCUT2D eigenvalue weighted by Crippen LogP contribution is -1.91. The number of ether oxygens (including phenoxy) is 2. The summed E-state index contributed by atoms with van der Waals surface area (Å²) < 4.78 is 11.4. The van der Waals surface area contributed by atoms with Crippen LogP contribution in [0.5, 0.6) is 17.2 Å². The maximum Gasteiger partial charge on any atom is 0.146 e. The van der Waals surface area contributed by atoms with Crippen LogP contribution in [0.25, 0.3) is 0 Å². The predicted octanol–water partition coefficient (Wildman–Crippen LogP) is 3.99. The lowest BCUT2D eigenvalue weighted by Gasteiger charge is -2.10. The number of methoxy groups -OCH3 is 1. The second-order valence-corrected chi connectivity index (χ2v) is 4.69. The van der Waals surface area contributed by atoms with Gasteiger partial charge in [0.25, 0.3) is 0 Å². The van der Waals surface area contributed by atoms with Crippen molar-refractivity contribution >= 4 is 15.9 Å². The van der Waals surface area contributed by atoms with E-state index >= 15 is 0 Å². The van der Waals surface area contributed by atoms with Crippen LogP contribution in [0.15, 0.2) is 40.9 Å². The standard InChI is InChI=1S/C15H9BrN2O2/c1-19-11-5-10(8-17)6-12(7-11)20-15-4-2-3-14(16)13(15)9-18/h2-7H,1H3. The Morgan fingerprint density at radius 2 is 1.80 bits per heavy atom. The first kappa shape index (κ1) is 13.9. The average Bonchev–Trinajstić information content (AvgIpc) is 2.47. The van der Waals surface area contributed by atoms with Crippen molar-refractivity contribution < 1.29 is 9.47 Å². The van der Waals surface area contributed by atoms with Crippen molar-refractivity contribution in [2.24, 2.45) is 0 Å². The van der Waals surface area contributed by atoms with Crippen molar-refractivity contribution in [2.75, 3.05) is 7.11 Å². The number of hydrogen-bond acceptors (Lipinski definition) is 4. The Morgan fingerprint density at radius 3 is 2.45 bits per heavy atom. The molecule has 98 valence electrons. The minimum absolute atomic E-state index is 0.397. The molecule has 0 heterocycles. The Hall–Kier alpha value is -2.50. The predicted molar refractivity (Wildman–Crippen MR) is 76.6 cm³/mol. The van der Waals surface area contributed by atoms with E-state index in [9.17, 15) is 0 Å². The SMILES string of the molecule is COc1cc(C#N)cc(Oc2cccc(Br)c2C#N)c1.